The average Bonchev–Trinajstić information content (AvgIpc) is 2.87. The quantitative estimate of drug-likeness (QED) is 0.405. The van der Waals surface area contributed by atoms with E-state index in [1.807, 2.05) is 78.9 Å². The van der Waals surface area contributed by atoms with Gasteiger partial charge in [0.2, 0.25) is 0 Å². The molecule has 1 heterocycles. The van der Waals surface area contributed by atoms with Gasteiger partial charge in [0.05, 0.1) is 26.4 Å². The number of hydrogen-bond donors (Lipinski definition) is 2. The Bertz CT molecular complexity index is 1260. The molecule has 7 heteroatoms. The molecule has 4 aromatic rings. The summed E-state index contributed by atoms with van der Waals surface area (Å²) in [5.41, 5.74) is 0.760. The Kier molecular flexibility index (Phi) is 6.42. The topological polar surface area (TPSA) is 93.4 Å². The lowest BCUT2D eigenvalue weighted by molar-refractivity contribution is -0.000499. The minimum atomic E-state index is -1.05. The van der Waals surface area contributed by atoms with Gasteiger partial charge in [-0.1, -0.05) is 54.6 Å². The van der Waals surface area contributed by atoms with E-state index in [0.717, 1.165) is 16.7 Å². The van der Waals surface area contributed by atoms with Crippen LogP contribution in [0.3, 0.4) is 0 Å². The Balaban J connectivity index is 1.91. The maximum absolute atomic E-state index is 12.3. The highest BCUT2D eigenvalue weighted by molar-refractivity contribution is 5.49. The van der Waals surface area contributed by atoms with Crippen molar-refractivity contribution < 1.29 is 14.2 Å². The number of methoxy groups -OCH3 is 2. The van der Waals surface area contributed by atoms with E-state index < -0.39 is 16.9 Å². The third-order valence-corrected chi connectivity index (χ3v) is 5.51. The van der Waals surface area contributed by atoms with Crippen LogP contribution in [-0.4, -0.2) is 24.2 Å². The third kappa shape index (κ3) is 4.44. The van der Waals surface area contributed by atoms with Gasteiger partial charge in [0.1, 0.15) is 17.1 Å². The molecule has 0 aliphatic rings. The number of rotatable bonds is 8. The zero-order valence-corrected chi connectivity index (χ0v) is 18.3. The van der Waals surface area contributed by atoms with E-state index in [1.165, 1.54) is 6.20 Å². The minimum absolute atomic E-state index is 0.0426. The van der Waals surface area contributed by atoms with Crippen molar-refractivity contribution in [3.05, 3.63) is 128 Å². The van der Waals surface area contributed by atoms with Gasteiger partial charge in [0, 0.05) is 6.20 Å². The molecule has 2 N–H and O–H groups in total. The van der Waals surface area contributed by atoms with E-state index in [9.17, 15) is 9.59 Å². The van der Waals surface area contributed by atoms with Crippen molar-refractivity contribution in [1.29, 1.82) is 0 Å². The standard InChI is InChI=1S/C26H24N2O5/c1-31-22-12-8-20(9-13-22)26(19-6-4-3-5-7-19,21-10-14-23(32-2)15-11-21)33-17-18-16-27-25(30)28-24(18)29/h3-16H,17H2,1-2H3,(H2,27,28,29,30). The Hall–Kier alpha value is -4.10. The molecule has 0 fully saturated rings. The lowest BCUT2D eigenvalue weighted by Gasteiger charge is -2.36. The highest BCUT2D eigenvalue weighted by atomic mass is 16.5. The van der Waals surface area contributed by atoms with E-state index in [-0.39, 0.29) is 6.61 Å². The highest BCUT2D eigenvalue weighted by Crippen LogP contribution is 2.42. The largest absolute Gasteiger partial charge is 0.497 e. The van der Waals surface area contributed by atoms with Gasteiger partial charge >= 0.3 is 5.69 Å². The second-order valence-electron chi connectivity index (χ2n) is 7.39. The summed E-state index contributed by atoms with van der Waals surface area (Å²) in [4.78, 5) is 28.5. The normalized spacial score (nSPS) is 11.2. The summed E-state index contributed by atoms with van der Waals surface area (Å²) in [7, 11) is 3.23. The molecule has 0 atom stereocenters. The molecule has 1 aromatic heterocycles. The molecular weight excluding hydrogens is 420 g/mol. The van der Waals surface area contributed by atoms with Gasteiger partial charge in [0.15, 0.2) is 0 Å². The molecule has 7 nitrogen and oxygen atoms in total. The van der Waals surface area contributed by atoms with Crippen LogP contribution in [0.5, 0.6) is 11.5 Å². The number of aromatic nitrogens is 2. The minimum Gasteiger partial charge on any atom is -0.497 e. The first kappa shape index (κ1) is 22.1. The number of nitrogens with one attached hydrogen (secondary N) is 2. The van der Waals surface area contributed by atoms with Gasteiger partial charge in [-0.15, -0.1) is 0 Å². The van der Waals surface area contributed by atoms with Crippen molar-refractivity contribution in [3.8, 4) is 11.5 Å². The van der Waals surface area contributed by atoms with Crippen LogP contribution in [0, 0.1) is 0 Å². The van der Waals surface area contributed by atoms with Crippen molar-refractivity contribution in [3.63, 3.8) is 0 Å². The number of benzene rings is 3. The Morgan fingerprint density at radius 1 is 0.727 bits per heavy atom. The Morgan fingerprint density at radius 3 is 1.73 bits per heavy atom. The summed E-state index contributed by atoms with van der Waals surface area (Å²) in [6.07, 6.45) is 1.37. The van der Waals surface area contributed by atoms with Gasteiger partial charge in [-0.3, -0.25) is 9.78 Å². The number of H-pyrrole nitrogens is 2. The molecule has 0 saturated heterocycles. The smallest absolute Gasteiger partial charge is 0.325 e. The fraction of sp³-hybridized carbons (Fsp3) is 0.154. The molecule has 4 rings (SSSR count). The molecule has 0 radical (unpaired) electrons. The summed E-state index contributed by atoms with van der Waals surface area (Å²) in [5.74, 6) is 1.43. The van der Waals surface area contributed by atoms with Crippen LogP contribution in [0.4, 0.5) is 0 Å². The zero-order valence-electron chi connectivity index (χ0n) is 18.3. The summed E-state index contributed by atoms with van der Waals surface area (Å²) in [6.45, 7) is -0.0426. The molecule has 0 saturated carbocycles. The van der Waals surface area contributed by atoms with Crippen LogP contribution < -0.4 is 20.7 Å². The Labute approximate surface area is 190 Å². The predicted molar refractivity (Wildman–Crippen MR) is 125 cm³/mol. The monoisotopic (exact) mass is 444 g/mol. The van der Waals surface area contributed by atoms with E-state index >= 15 is 0 Å². The van der Waals surface area contributed by atoms with Crippen molar-refractivity contribution in [2.24, 2.45) is 0 Å². The van der Waals surface area contributed by atoms with Gasteiger partial charge in [-0.2, -0.15) is 0 Å². The molecule has 3 aromatic carbocycles. The fourth-order valence-electron chi connectivity index (χ4n) is 3.81. The molecule has 0 spiro atoms. The average molecular weight is 444 g/mol. The van der Waals surface area contributed by atoms with Gasteiger partial charge in [0.25, 0.3) is 5.56 Å². The van der Waals surface area contributed by atoms with Crippen LogP contribution in [0.15, 0.2) is 94.6 Å². The van der Waals surface area contributed by atoms with E-state index in [1.54, 1.807) is 14.2 Å². The van der Waals surface area contributed by atoms with Gasteiger partial charge in [-0.25, -0.2) is 4.79 Å². The summed E-state index contributed by atoms with van der Waals surface area (Å²) in [6, 6.07) is 25.0. The van der Waals surface area contributed by atoms with Crippen LogP contribution >= 0.6 is 0 Å². The second-order valence-corrected chi connectivity index (χ2v) is 7.39. The number of aromatic amines is 2. The maximum atomic E-state index is 12.3. The van der Waals surface area contributed by atoms with Crippen LogP contribution in [-0.2, 0) is 16.9 Å². The summed E-state index contributed by atoms with van der Waals surface area (Å²) < 4.78 is 17.3. The molecule has 0 amide bonds. The summed E-state index contributed by atoms with van der Waals surface area (Å²) >= 11 is 0. The predicted octanol–water partition coefficient (Wildman–Crippen LogP) is 3.59. The third-order valence-electron chi connectivity index (χ3n) is 5.51. The van der Waals surface area contributed by atoms with Crippen molar-refractivity contribution in [1.82, 2.24) is 9.97 Å². The zero-order chi connectivity index (χ0) is 23.3. The first-order valence-corrected chi connectivity index (χ1v) is 10.4. The van der Waals surface area contributed by atoms with E-state index in [4.69, 9.17) is 14.2 Å². The SMILES string of the molecule is COc1ccc(C(OCc2c[nH]c(=O)[nH]c2=O)(c2ccccc2)c2ccc(OC)cc2)cc1. The van der Waals surface area contributed by atoms with Crippen LogP contribution in [0.2, 0.25) is 0 Å². The van der Waals surface area contributed by atoms with E-state index in [0.29, 0.717) is 17.1 Å². The first-order valence-electron chi connectivity index (χ1n) is 10.4. The molecule has 168 valence electrons. The molecule has 0 aliphatic carbocycles. The lowest BCUT2D eigenvalue weighted by Crippen LogP contribution is -2.34. The molecule has 0 bridgehead atoms. The van der Waals surface area contributed by atoms with Crippen LogP contribution in [0.1, 0.15) is 22.3 Å². The molecule has 0 aliphatic heterocycles. The summed E-state index contributed by atoms with van der Waals surface area (Å²) in [5, 5.41) is 0. The maximum Gasteiger partial charge on any atom is 0.325 e. The molecule has 33 heavy (non-hydrogen) atoms. The second kappa shape index (κ2) is 9.58. The van der Waals surface area contributed by atoms with Crippen molar-refractivity contribution in [2.75, 3.05) is 14.2 Å². The van der Waals surface area contributed by atoms with Gasteiger partial charge < -0.3 is 19.2 Å². The molecular formula is C26H24N2O5. The number of hydrogen-bond acceptors (Lipinski definition) is 5. The van der Waals surface area contributed by atoms with Crippen molar-refractivity contribution >= 4 is 0 Å². The Morgan fingerprint density at radius 2 is 1.24 bits per heavy atom. The van der Waals surface area contributed by atoms with E-state index in [2.05, 4.69) is 9.97 Å². The van der Waals surface area contributed by atoms with Crippen molar-refractivity contribution in [2.45, 2.75) is 12.2 Å². The number of ether oxygens (including phenoxy) is 3. The first-order chi connectivity index (χ1) is 16.1. The lowest BCUT2D eigenvalue weighted by atomic mass is 9.80. The fourth-order valence-corrected chi connectivity index (χ4v) is 3.81. The van der Waals surface area contributed by atoms with Crippen LogP contribution in [0.25, 0.3) is 0 Å². The van der Waals surface area contributed by atoms with Gasteiger partial charge in [-0.05, 0) is 41.0 Å². The highest BCUT2D eigenvalue weighted by Gasteiger charge is 2.38. The molecule has 0 unspecified atom stereocenters.